The van der Waals surface area contributed by atoms with E-state index in [4.69, 9.17) is 11.6 Å². The van der Waals surface area contributed by atoms with Crippen LogP contribution in [0.5, 0.6) is 0 Å². The van der Waals surface area contributed by atoms with Gasteiger partial charge >= 0.3 is 0 Å². The molecule has 0 aromatic rings. The molecule has 86 valence electrons. The minimum absolute atomic E-state index is 1.14. The predicted molar refractivity (Wildman–Crippen MR) is 73.5 cm³/mol. The smallest absolute Gasteiger partial charge is 0.0384 e. The number of hydrogen-bond acceptors (Lipinski definition) is 0. The van der Waals surface area contributed by atoms with E-state index < -0.39 is 0 Å². The van der Waals surface area contributed by atoms with E-state index in [2.05, 4.69) is 13.8 Å². The molecule has 0 fully saturated rings. The van der Waals surface area contributed by atoms with Gasteiger partial charge in [-0.15, -0.1) is 0 Å². The maximum Gasteiger partial charge on any atom is 0.0384 e. The Hall–Kier alpha value is -0.0131. The van der Waals surface area contributed by atoms with Gasteiger partial charge in [0.1, 0.15) is 0 Å². The van der Waals surface area contributed by atoms with Crippen molar-refractivity contribution in [1.29, 1.82) is 0 Å². The van der Waals surface area contributed by atoms with Crippen molar-refractivity contribution in [3.8, 4) is 0 Å². The highest BCUT2D eigenvalue weighted by molar-refractivity contribution is 6.38. The summed E-state index contributed by atoms with van der Waals surface area (Å²) >= 11 is 6.39. The molecule has 15 heavy (non-hydrogen) atoms. The molecule has 0 saturated heterocycles. The molecular formula is C13H23ClSi. The van der Waals surface area contributed by atoms with E-state index in [0.717, 1.165) is 15.3 Å². The molecule has 0 aromatic heterocycles. The average molecular weight is 243 g/mol. The molecule has 0 N–H and O–H groups in total. The quantitative estimate of drug-likeness (QED) is 0.620. The van der Waals surface area contributed by atoms with Crippen molar-refractivity contribution in [2.45, 2.75) is 58.8 Å². The molecule has 2 heteroatoms. The Kier molecular flexibility index (Phi) is 5.69. The summed E-state index contributed by atoms with van der Waals surface area (Å²) in [6, 6.07) is 0. The first kappa shape index (κ1) is 13.1. The summed E-state index contributed by atoms with van der Waals surface area (Å²) in [7, 11) is 1.14. The summed E-state index contributed by atoms with van der Waals surface area (Å²) in [4.78, 5) is 0. The second-order valence-electron chi connectivity index (χ2n) is 4.56. The highest BCUT2D eigenvalue weighted by atomic mass is 35.5. The molecule has 0 radical (unpaired) electrons. The lowest BCUT2D eigenvalue weighted by molar-refractivity contribution is 0.750. The summed E-state index contributed by atoms with van der Waals surface area (Å²) < 4.78 is 0. The number of unbranched alkanes of at least 4 members (excludes halogenated alkanes) is 2. The second-order valence-corrected chi connectivity index (χ2v) is 6.15. The third-order valence-corrected chi connectivity index (χ3v) is 4.88. The van der Waals surface area contributed by atoms with Gasteiger partial charge in [0.2, 0.25) is 0 Å². The van der Waals surface area contributed by atoms with Gasteiger partial charge in [-0.3, -0.25) is 0 Å². The first-order valence-corrected chi connectivity index (χ1v) is 7.65. The summed E-state index contributed by atoms with van der Waals surface area (Å²) in [5, 5.41) is 2.66. The Morgan fingerprint density at radius 1 is 1.13 bits per heavy atom. The maximum absolute atomic E-state index is 6.39. The van der Waals surface area contributed by atoms with Crippen LogP contribution in [0.1, 0.15) is 58.8 Å². The highest BCUT2D eigenvalue weighted by Crippen LogP contribution is 2.38. The first-order valence-electron chi connectivity index (χ1n) is 6.27. The number of halogens is 1. The summed E-state index contributed by atoms with van der Waals surface area (Å²) in [5.74, 6) is 0. The van der Waals surface area contributed by atoms with E-state index in [1.807, 2.05) is 0 Å². The van der Waals surface area contributed by atoms with Gasteiger partial charge in [-0.25, -0.2) is 0 Å². The van der Waals surface area contributed by atoms with Crippen molar-refractivity contribution < 1.29 is 0 Å². The summed E-state index contributed by atoms with van der Waals surface area (Å²) in [6.45, 7) is 4.51. The zero-order chi connectivity index (χ0) is 11.3. The van der Waals surface area contributed by atoms with Crippen LogP contribution in [0.3, 0.4) is 0 Å². The molecule has 0 saturated carbocycles. The van der Waals surface area contributed by atoms with E-state index in [1.165, 1.54) is 55.7 Å². The van der Waals surface area contributed by atoms with Crippen molar-refractivity contribution in [2.24, 2.45) is 0 Å². The topological polar surface area (TPSA) is 0 Å². The van der Waals surface area contributed by atoms with Gasteiger partial charge in [-0.1, -0.05) is 49.1 Å². The van der Waals surface area contributed by atoms with E-state index >= 15 is 0 Å². The Bertz CT molecular complexity index is 276. The van der Waals surface area contributed by atoms with Crippen LogP contribution < -0.4 is 0 Å². The van der Waals surface area contributed by atoms with Crippen LogP contribution in [-0.4, -0.2) is 10.2 Å². The van der Waals surface area contributed by atoms with Crippen molar-refractivity contribution in [2.75, 3.05) is 0 Å². The SMILES string of the molecule is CCCCC1=C(CCCC)C(Cl)=C([SiH3])C1. The summed E-state index contributed by atoms with van der Waals surface area (Å²) in [5.41, 5.74) is 3.16. The molecule has 0 heterocycles. The Morgan fingerprint density at radius 3 is 2.33 bits per heavy atom. The fourth-order valence-electron chi connectivity index (χ4n) is 2.19. The fourth-order valence-corrected chi connectivity index (χ4v) is 3.21. The van der Waals surface area contributed by atoms with Gasteiger partial charge < -0.3 is 0 Å². The van der Waals surface area contributed by atoms with Gasteiger partial charge in [-0.2, -0.15) is 0 Å². The molecular weight excluding hydrogens is 220 g/mol. The Morgan fingerprint density at radius 2 is 1.73 bits per heavy atom. The van der Waals surface area contributed by atoms with E-state index in [1.54, 1.807) is 5.57 Å². The molecule has 0 aromatic carbocycles. The molecule has 1 aliphatic carbocycles. The fraction of sp³-hybridized carbons (Fsp3) is 0.692. The van der Waals surface area contributed by atoms with Crippen molar-refractivity contribution >= 4 is 21.8 Å². The van der Waals surface area contributed by atoms with E-state index in [0.29, 0.717) is 0 Å². The van der Waals surface area contributed by atoms with Crippen molar-refractivity contribution in [1.82, 2.24) is 0 Å². The lowest BCUT2D eigenvalue weighted by Crippen LogP contribution is -1.88. The van der Waals surface area contributed by atoms with Gasteiger partial charge in [0.05, 0.1) is 0 Å². The normalized spacial score (nSPS) is 17.0. The minimum Gasteiger partial charge on any atom is -0.0845 e. The van der Waals surface area contributed by atoms with Crippen LogP contribution in [0.25, 0.3) is 0 Å². The van der Waals surface area contributed by atoms with Crippen LogP contribution in [0.4, 0.5) is 0 Å². The first-order chi connectivity index (χ1) is 7.20. The molecule has 1 rings (SSSR count). The molecule has 0 nitrogen and oxygen atoms in total. The third-order valence-electron chi connectivity index (χ3n) is 3.16. The zero-order valence-corrected chi connectivity index (χ0v) is 13.1. The average Bonchev–Trinajstić information content (AvgIpc) is 2.50. The molecule has 0 amide bonds. The van der Waals surface area contributed by atoms with Crippen LogP contribution >= 0.6 is 11.6 Å². The van der Waals surface area contributed by atoms with Gasteiger partial charge in [0.15, 0.2) is 0 Å². The molecule has 0 aliphatic heterocycles. The number of rotatable bonds is 6. The molecule has 0 atom stereocenters. The minimum atomic E-state index is 1.14. The maximum atomic E-state index is 6.39. The third kappa shape index (κ3) is 3.49. The second kappa shape index (κ2) is 6.54. The largest absolute Gasteiger partial charge is 0.0845 e. The molecule has 0 unspecified atom stereocenters. The summed E-state index contributed by atoms with van der Waals surface area (Å²) in [6.07, 6.45) is 8.85. The number of hydrogen-bond donors (Lipinski definition) is 0. The molecule has 0 spiro atoms. The highest BCUT2D eigenvalue weighted by Gasteiger charge is 2.19. The molecule has 0 bridgehead atoms. The van der Waals surface area contributed by atoms with Gasteiger partial charge in [-0.05, 0) is 37.7 Å². The van der Waals surface area contributed by atoms with Crippen molar-refractivity contribution in [3.63, 3.8) is 0 Å². The predicted octanol–water partition coefficient (Wildman–Crippen LogP) is 3.88. The van der Waals surface area contributed by atoms with Gasteiger partial charge in [0, 0.05) is 15.3 Å². The van der Waals surface area contributed by atoms with Crippen LogP contribution in [0, 0.1) is 0 Å². The van der Waals surface area contributed by atoms with Crippen LogP contribution in [-0.2, 0) is 0 Å². The van der Waals surface area contributed by atoms with Crippen LogP contribution in [0.15, 0.2) is 21.4 Å². The van der Waals surface area contributed by atoms with Gasteiger partial charge in [0.25, 0.3) is 0 Å². The van der Waals surface area contributed by atoms with E-state index in [-0.39, 0.29) is 0 Å². The molecule has 1 aliphatic rings. The van der Waals surface area contributed by atoms with Crippen LogP contribution in [0.2, 0.25) is 0 Å². The Labute approximate surface area is 102 Å². The zero-order valence-electron chi connectivity index (χ0n) is 10.3. The lowest BCUT2D eigenvalue weighted by Gasteiger charge is -2.07. The van der Waals surface area contributed by atoms with E-state index in [9.17, 15) is 0 Å². The lowest BCUT2D eigenvalue weighted by atomic mass is 10.0. The Balaban J connectivity index is 2.67. The van der Waals surface area contributed by atoms with Crippen molar-refractivity contribution in [3.05, 3.63) is 21.4 Å². The number of allylic oxidation sites excluding steroid dienone is 4. The standard InChI is InChI=1S/C13H23ClSi/c1-3-5-7-10-9-12(15)13(14)11(10)8-6-4-2/h3-9H2,1-2,15H3. The monoisotopic (exact) mass is 242 g/mol.